The number of ether oxygens (including phenoxy) is 1. The van der Waals surface area contributed by atoms with Crippen LogP contribution < -0.4 is 0 Å². The molecule has 1 aliphatic heterocycles. The van der Waals surface area contributed by atoms with E-state index in [1.807, 2.05) is 0 Å². The molecule has 1 saturated heterocycles. The largest absolute Gasteiger partial charge is 0.458 e. The number of rotatable bonds is 0. The molecule has 0 aromatic carbocycles. The smallest absolute Gasteiger partial charge is 0.338 e. The number of aliphatic hydroxyl groups excluding tert-OH is 3. The molecule has 2 unspecified atom stereocenters. The van der Waals surface area contributed by atoms with Crippen LogP contribution >= 0.6 is 0 Å². The summed E-state index contributed by atoms with van der Waals surface area (Å²) in [6, 6.07) is 0. The van der Waals surface area contributed by atoms with E-state index in [-0.39, 0.29) is 0 Å². The molecule has 1 rings (SSSR count). The maximum absolute atomic E-state index is 10.6. The number of carbonyl (C=O) groups is 1. The van der Waals surface area contributed by atoms with Crippen molar-refractivity contribution < 1.29 is 24.9 Å². The van der Waals surface area contributed by atoms with E-state index in [0.29, 0.717) is 0 Å². The summed E-state index contributed by atoms with van der Waals surface area (Å²) in [6.07, 6.45) is -5.03. The van der Waals surface area contributed by atoms with Crippen molar-refractivity contribution in [1.29, 1.82) is 0 Å². The zero-order chi connectivity index (χ0) is 8.59. The van der Waals surface area contributed by atoms with Gasteiger partial charge in [-0.3, -0.25) is 0 Å². The Morgan fingerprint density at radius 3 is 2.36 bits per heavy atom. The van der Waals surface area contributed by atoms with Crippen LogP contribution in [0.2, 0.25) is 0 Å². The molecule has 3 N–H and O–H groups in total. The third kappa shape index (κ3) is 1.35. The van der Waals surface area contributed by atoms with Crippen molar-refractivity contribution >= 4 is 5.97 Å². The lowest BCUT2D eigenvalue weighted by Crippen LogP contribution is -2.54. The average Bonchev–Trinajstić information content (AvgIpc) is 1.97. The molecule has 0 spiro atoms. The number of aliphatic hydroxyl groups is 3. The first kappa shape index (κ1) is 8.45. The third-order valence-electron chi connectivity index (χ3n) is 1.70. The molecule has 64 valence electrons. The SMILES string of the molecule is CC1OC(=O)[C@H](O)C(O)[C@@H]1O. The second-order valence-corrected chi connectivity index (χ2v) is 2.57. The summed E-state index contributed by atoms with van der Waals surface area (Å²) in [4.78, 5) is 10.6. The van der Waals surface area contributed by atoms with Gasteiger partial charge in [0, 0.05) is 0 Å². The van der Waals surface area contributed by atoms with Crippen molar-refractivity contribution in [2.75, 3.05) is 0 Å². The minimum absolute atomic E-state index is 0.763. The highest BCUT2D eigenvalue weighted by molar-refractivity contribution is 5.76. The Labute approximate surface area is 63.2 Å². The maximum atomic E-state index is 10.6. The van der Waals surface area contributed by atoms with E-state index in [2.05, 4.69) is 4.74 Å². The van der Waals surface area contributed by atoms with E-state index >= 15 is 0 Å². The van der Waals surface area contributed by atoms with Gasteiger partial charge in [-0.05, 0) is 6.92 Å². The Morgan fingerprint density at radius 2 is 1.82 bits per heavy atom. The molecule has 1 fully saturated rings. The molecule has 1 aliphatic rings. The Morgan fingerprint density at radius 1 is 1.27 bits per heavy atom. The molecule has 5 nitrogen and oxygen atoms in total. The highest BCUT2D eigenvalue weighted by atomic mass is 16.6. The van der Waals surface area contributed by atoms with Crippen molar-refractivity contribution in [3.05, 3.63) is 0 Å². The summed E-state index contributed by atoms with van der Waals surface area (Å²) < 4.78 is 4.48. The number of esters is 1. The summed E-state index contributed by atoms with van der Waals surface area (Å²) in [5.41, 5.74) is 0. The average molecular weight is 162 g/mol. The van der Waals surface area contributed by atoms with Crippen LogP contribution in [0.4, 0.5) is 0 Å². The number of hydrogen-bond acceptors (Lipinski definition) is 5. The van der Waals surface area contributed by atoms with Crippen LogP contribution in [0.1, 0.15) is 6.92 Å². The predicted molar refractivity (Wildman–Crippen MR) is 33.6 cm³/mol. The second-order valence-electron chi connectivity index (χ2n) is 2.57. The standard InChI is InChI=1S/C6H10O5/c1-2-3(7)4(8)5(9)6(10)11-2/h2-5,7-9H,1H3/t2?,3-,4?,5-/m1/s1. The molecule has 0 radical (unpaired) electrons. The highest BCUT2D eigenvalue weighted by Gasteiger charge is 2.41. The second kappa shape index (κ2) is 2.77. The lowest BCUT2D eigenvalue weighted by atomic mass is 10.0. The number of cyclic esters (lactones) is 1. The molecule has 1 heterocycles. The summed E-state index contributed by atoms with van der Waals surface area (Å²) >= 11 is 0. The van der Waals surface area contributed by atoms with Gasteiger partial charge < -0.3 is 20.1 Å². The molecule has 4 atom stereocenters. The van der Waals surface area contributed by atoms with Crippen molar-refractivity contribution in [2.24, 2.45) is 0 Å². The Bertz CT molecular complexity index is 168. The fourth-order valence-electron chi connectivity index (χ4n) is 0.927. The Hall–Kier alpha value is -0.650. The minimum Gasteiger partial charge on any atom is -0.458 e. The van der Waals surface area contributed by atoms with Crippen molar-refractivity contribution in [2.45, 2.75) is 31.3 Å². The van der Waals surface area contributed by atoms with Gasteiger partial charge in [-0.25, -0.2) is 4.79 Å². The molecule has 0 aromatic rings. The van der Waals surface area contributed by atoms with Crippen LogP contribution in [0.25, 0.3) is 0 Å². The van der Waals surface area contributed by atoms with Crippen LogP contribution in [-0.4, -0.2) is 45.7 Å². The molecule has 0 saturated carbocycles. The van der Waals surface area contributed by atoms with Crippen LogP contribution in [0.5, 0.6) is 0 Å². The molecule has 0 aliphatic carbocycles. The molecule has 0 aromatic heterocycles. The van der Waals surface area contributed by atoms with Crippen LogP contribution in [0.3, 0.4) is 0 Å². The third-order valence-corrected chi connectivity index (χ3v) is 1.70. The monoisotopic (exact) mass is 162 g/mol. The molecular weight excluding hydrogens is 152 g/mol. The Kier molecular flexibility index (Phi) is 2.12. The zero-order valence-electron chi connectivity index (χ0n) is 5.97. The van der Waals surface area contributed by atoms with Crippen molar-refractivity contribution in [3.8, 4) is 0 Å². The lowest BCUT2D eigenvalue weighted by Gasteiger charge is -2.31. The normalized spacial score (nSPS) is 45.3. The molecular formula is C6H10O5. The first-order valence-electron chi connectivity index (χ1n) is 3.28. The van der Waals surface area contributed by atoms with E-state index in [0.717, 1.165) is 0 Å². The van der Waals surface area contributed by atoms with E-state index in [4.69, 9.17) is 15.3 Å². The van der Waals surface area contributed by atoms with Gasteiger partial charge in [0.1, 0.15) is 18.3 Å². The topological polar surface area (TPSA) is 87.0 Å². The molecule has 0 bridgehead atoms. The first-order chi connectivity index (χ1) is 5.04. The lowest BCUT2D eigenvalue weighted by molar-refractivity contribution is -0.199. The molecule has 5 heteroatoms. The Balaban J connectivity index is 2.70. The minimum atomic E-state index is -1.62. The van der Waals surface area contributed by atoms with Gasteiger partial charge in [0.05, 0.1) is 0 Å². The molecule has 11 heavy (non-hydrogen) atoms. The fraction of sp³-hybridized carbons (Fsp3) is 0.833. The van der Waals surface area contributed by atoms with Crippen LogP contribution in [0.15, 0.2) is 0 Å². The van der Waals surface area contributed by atoms with Gasteiger partial charge in [0.2, 0.25) is 0 Å². The van der Waals surface area contributed by atoms with Gasteiger partial charge >= 0.3 is 5.97 Å². The van der Waals surface area contributed by atoms with E-state index in [1.54, 1.807) is 0 Å². The fourth-order valence-corrected chi connectivity index (χ4v) is 0.927. The van der Waals surface area contributed by atoms with Gasteiger partial charge in [0.15, 0.2) is 6.10 Å². The van der Waals surface area contributed by atoms with Crippen molar-refractivity contribution in [1.82, 2.24) is 0 Å². The van der Waals surface area contributed by atoms with Gasteiger partial charge in [-0.1, -0.05) is 0 Å². The van der Waals surface area contributed by atoms with E-state index in [9.17, 15) is 4.79 Å². The maximum Gasteiger partial charge on any atom is 0.338 e. The van der Waals surface area contributed by atoms with Crippen molar-refractivity contribution in [3.63, 3.8) is 0 Å². The first-order valence-corrected chi connectivity index (χ1v) is 3.28. The van der Waals surface area contributed by atoms with Crippen LogP contribution in [0, 0.1) is 0 Å². The van der Waals surface area contributed by atoms with E-state index < -0.39 is 30.4 Å². The zero-order valence-corrected chi connectivity index (χ0v) is 5.97. The summed E-state index contributed by atoms with van der Waals surface area (Å²) in [5.74, 6) is -0.893. The number of carbonyl (C=O) groups excluding carboxylic acids is 1. The predicted octanol–water partition coefficient (Wildman–Crippen LogP) is -1.99. The summed E-state index contributed by atoms with van der Waals surface area (Å²) in [7, 11) is 0. The summed E-state index contributed by atoms with van der Waals surface area (Å²) in [5, 5.41) is 26.9. The van der Waals surface area contributed by atoms with Crippen LogP contribution in [-0.2, 0) is 9.53 Å². The molecule has 0 amide bonds. The van der Waals surface area contributed by atoms with Gasteiger partial charge in [0.25, 0.3) is 0 Å². The quantitative estimate of drug-likeness (QED) is 0.359. The highest BCUT2D eigenvalue weighted by Crippen LogP contribution is 2.15. The van der Waals surface area contributed by atoms with E-state index in [1.165, 1.54) is 6.92 Å². The number of hydrogen-bond donors (Lipinski definition) is 3. The van der Waals surface area contributed by atoms with Gasteiger partial charge in [-0.15, -0.1) is 0 Å². The summed E-state index contributed by atoms with van der Waals surface area (Å²) in [6.45, 7) is 1.44. The van der Waals surface area contributed by atoms with Gasteiger partial charge in [-0.2, -0.15) is 0 Å².